The second kappa shape index (κ2) is 6.48. The van der Waals surface area contributed by atoms with Crippen LogP contribution in [-0.4, -0.2) is 27.2 Å². The van der Waals surface area contributed by atoms with E-state index in [-0.39, 0.29) is 25.4 Å². The third-order valence-corrected chi connectivity index (χ3v) is 3.23. The lowest BCUT2D eigenvalue weighted by atomic mass is 10.1. The Hall–Kier alpha value is -2.54. The highest BCUT2D eigenvalue weighted by Gasteiger charge is 2.16. The van der Waals surface area contributed by atoms with Crippen molar-refractivity contribution in [3.63, 3.8) is 0 Å². The van der Waals surface area contributed by atoms with Crippen LogP contribution in [0.2, 0.25) is 0 Å². The van der Waals surface area contributed by atoms with Gasteiger partial charge in [0, 0.05) is 29.8 Å². The molecule has 22 heavy (non-hydrogen) atoms. The molecule has 0 atom stereocenters. The maximum Gasteiger partial charge on any atom is 0.257 e. The van der Waals surface area contributed by atoms with Gasteiger partial charge in [-0.2, -0.15) is 0 Å². The minimum Gasteiger partial charge on any atom is -0.396 e. The summed E-state index contributed by atoms with van der Waals surface area (Å²) in [5.41, 5.74) is 5.83. The summed E-state index contributed by atoms with van der Waals surface area (Å²) in [7, 11) is 0. The van der Waals surface area contributed by atoms with Gasteiger partial charge in [-0.1, -0.05) is 12.1 Å². The fourth-order valence-electron chi connectivity index (χ4n) is 2.25. The topological polar surface area (TPSA) is 98.2 Å². The van der Waals surface area contributed by atoms with Crippen LogP contribution in [0, 0.1) is 12.7 Å². The van der Waals surface area contributed by atoms with Crippen molar-refractivity contribution in [3.05, 3.63) is 51.7 Å². The van der Waals surface area contributed by atoms with Gasteiger partial charge in [-0.15, -0.1) is 0 Å². The summed E-state index contributed by atoms with van der Waals surface area (Å²) >= 11 is 0. The first kappa shape index (κ1) is 15.8. The Morgan fingerprint density at radius 1 is 1.45 bits per heavy atom. The summed E-state index contributed by atoms with van der Waals surface area (Å²) in [6.45, 7) is 1.05. The van der Waals surface area contributed by atoms with Crippen molar-refractivity contribution >= 4 is 5.91 Å². The highest BCUT2D eigenvalue weighted by atomic mass is 19.1. The second-order valence-corrected chi connectivity index (χ2v) is 4.84. The van der Waals surface area contributed by atoms with Crippen molar-refractivity contribution in [2.75, 3.05) is 6.61 Å². The van der Waals surface area contributed by atoms with Crippen molar-refractivity contribution in [3.8, 4) is 11.4 Å². The van der Waals surface area contributed by atoms with Crippen LogP contribution in [-0.2, 0) is 17.8 Å². The number of nitrogens with two attached hydrogens (primary N) is 1. The molecule has 0 aliphatic heterocycles. The van der Waals surface area contributed by atoms with Crippen molar-refractivity contribution in [1.29, 1.82) is 0 Å². The number of halogens is 1. The van der Waals surface area contributed by atoms with Gasteiger partial charge in [-0.05, 0) is 19.1 Å². The second-order valence-electron chi connectivity index (χ2n) is 4.84. The van der Waals surface area contributed by atoms with Crippen LogP contribution in [0.1, 0.15) is 11.3 Å². The molecule has 0 saturated carbocycles. The van der Waals surface area contributed by atoms with Crippen LogP contribution >= 0.6 is 0 Å². The average molecular weight is 305 g/mol. The van der Waals surface area contributed by atoms with Gasteiger partial charge in [0.25, 0.3) is 5.56 Å². The number of carbonyl (C=O) groups excluding carboxylic acids is 1. The third-order valence-electron chi connectivity index (χ3n) is 3.23. The zero-order valence-corrected chi connectivity index (χ0v) is 12.0. The zero-order valence-electron chi connectivity index (χ0n) is 12.0. The molecular formula is C15H16FN3O3. The average Bonchev–Trinajstić information content (AvgIpc) is 2.46. The minimum atomic E-state index is -0.708. The Kier molecular flexibility index (Phi) is 4.67. The number of amides is 1. The van der Waals surface area contributed by atoms with Crippen molar-refractivity contribution in [1.82, 2.24) is 9.55 Å². The predicted molar refractivity (Wildman–Crippen MR) is 78.6 cm³/mol. The van der Waals surface area contributed by atoms with Crippen LogP contribution in [0.3, 0.4) is 0 Å². The van der Waals surface area contributed by atoms with Gasteiger partial charge >= 0.3 is 0 Å². The van der Waals surface area contributed by atoms with E-state index in [1.165, 1.54) is 18.2 Å². The molecule has 1 amide bonds. The molecule has 1 aromatic heterocycles. The van der Waals surface area contributed by atoms with E-state index in [0.717, 1.165) is 4.57 Å². The van der Waals surface area contributed by atoms with Crippen molar-refractivity contribution < 1.29 is 14.3 Å². The number of hydrogen-bond acceptors (Lipinski definition) is 4. The van der Waals surface area contributed by atoms with Gasteiger partial charge in [-0.25, -0.2) is 9.37 Å². The van der Waals surface area contributed by atoms with E-state index >= 15 is 0 Å². The summed E-state index contributed by atoms with van der Waals surface area (Å²) in [5, 5.41) is 9.05. The Labute approximate surface area is 126 Å². The first-order valence-electron chi connectivity index (χ1n) is 6.69. The molecule has 116 valence electrons. The van der Waals surface area contributed by atoms with E-state index in [4.69, 9.17) is 10.8 Å². The number of benzene rings is 1. The van der Waals surface area contributed by atoms with Gasteiger partial charge in [0.2, 0.25) is 5.91 Å². The van der Waals surface area contributed by atoms with E-state index in [1.807, 2.05) is 0 Å². The Bertz CT molecular complexity index is 771. The molecule has 7 heteroatoms. The molecule has 0 spiro atoms. The zero-order chi connectivity index (χ0) is 16.3. The van der Waals surface area contributed by atoms with Crippen LogP contribution in [0.25, 0.3) is 11.4 Å². The standard InChI is InChI=1S/C15H16FN3O3/c1-9-12(5-6-20)15(22)19(8-13(17)21)14(18-9)10-3-2-4-11(16)7-10/h2-4,7,20H,5-6,8H2,1H3,(H2,17,21). The monoisotopic (exact) mass is 305 g/mol. The predicted octanol–water partition coefficient (Wildman–Crippen LogP) is 0.378. The Balaban J connectivity index is 2.72. The number of nitrogens with zero attached hydrogens (tertiary/aromatic N) is 2. The highest BCUT2D eigenvalue weighted by Crippen LogP contribution is 2.18. The van der Waals surface area contributed by atoms with Crippen molar-refractivity contribution in [2.45, 2.75) is 19.9 Å². The molecule has 0 aliphatic rings. The van der Waals surface area contributed by atoms with Gasteiger partial charge in [-0.3, -0.25) is 14.2 Å². The quantitative estimate of drug-likeness (QED) is 0.834. The van der Waals surface area contributed by atoms with Gasteiger partial charge in [0.05, 0.1) is 0 Å². The normalized spacial score (nSPS) is 10.7. The number of hydrogen-bond donors (Lipinski definition) is 2. The molecule has 1 heterocycles. The van der Waals surface area contributed by atoms with Crippen LogP contribution in [0.5, 0.6) is 0 Å². The molecule has 0 saturated heterocycles. The number of aliphatic hydroxyl groups is 1. The lowest BCUT2D eigenvalue weighted by Gasteiger charge is -2.14. The SMILES string of the molecule is Cc1nc(-c2cccc(F)c2)n(CC(N)=O)c(=O)c1CCO. The number of aromatic nitrogens is 2. The lowest BCUT2D eigenvalue weighted by molar-refractivity contribution is -0.118. The minimum absolute atomic E-state index is 0.125. The van der Waals surface area contributed by atoms with Gasteiger partial charge in [0.15, 0.2) is 0 Å². The van der Waals surface area contributed by atoms with E-state index < -0.39 is 17.3 Å². The first-order valence-corrected chi connectivity index (χ1v) is 6.69. The lowest BCUT2D eigenvalue weighted by Crippen LogP contribution is -2.33. The van der Waals surface area contributed by atoms with E-state index in [9.17, 15) is 14.0 Å². The van der Waals surface area contributed by atoms with E-state index in [0.29, 0.717) is 16.8 Å². The fourth-order valence-corrected chi connectivity index (χ4v) is 2.25. The molecule has 6 nitrogen and oxygen atoms in total. The number of aliphatic hydroxyl groups excluding tert-OH is 1. The van der Waals surface area contributed by atoms with Gasteiger partial charge in [0.1, 0.15) is 18.2 Å². The molecule has 2 aromatic rings. The maximum atomic E-state index is 13.4. The summed E-state index contributed by atoms with van der Waals surface area (Å²) < 4.78 is 14.5. The fraction of sp³-hybridized carbons (Fsp3) is 0.267. The molecule has 0 unspecified atom stereocenters. The molecule has 0 aliphatic carbocycles. The van der Waals surface area contributed by atoms with Crippen LogP contribution in [0.4, 0.5) is 4.39 Å². The number of rotatable bonds is 5. The number of aryl methyl sites for hydroxylation is 1. The molecule has 0 bridgehead atoms. The first-order chi connectivity index (χ1) is 10.4. The van der Waals surface area contributed by atoms with Crippen molar-refractivity contribution in [2.24, 2.45) is 5.73 Å². The van der Waals surface area contributed by atoms with Crippen LogP contribution < -0.4 is 11.3 Å². The molecule has 1 aromatic carbocycles. The highest BCUT2D eigenvalue weighted by molar-refractivity contribution is 5.74. The van der Waals surface area contributed by atoms with E-state index in [1.54, 1.807) is 13.0 Å². The van der Waals surface area contributed by atoms with Crippen LogP contribution in [0.15, 0.2) is 29.1 Å². The van der Waals surface area contributed by atoms with E-state index in [2.05, 4.69) is 4.98 Å². The maximum absolute atomic E-state index is 13.4. The molecule has 3 N–H and O–H groups in total. The molecule has 0 fully saturated rings. The third kappa shape index (κ3) is 3.20. The summed E-state index contributed by atoms with van der Waals surface area (Å²) in [6, 6.07) is 5.58. The molecule has 2 rings (SSSR count). The number of primary amides is 1. The number of carbonyl (C=O) groups is 1. The molecular weight excluding hydrogens is 289 g/mol. The smallest absolute Gasteiger partial charge is 0.257 e. The summed E-state index contributed by atoms with van der Waals surface area (Å²) in [6.07, 6.45) is 0.125. The summed E-state index contributed by atoms with van der Waals surface area (Å²) in [4.78, 5) is 28.0. The largest absolute Gasteiger partial charge is 0.396 e. The molecule has 0 radical (unpaired) electrons. The van der Waals surface area contributed by atoms with Gasteiger partial charge < -0.3 is 10.8 Å². The Morgan fingerprint density at radius 3 is 2.77 bits per heavy atom. The summed E-state index contributed by atoms with van der Waals surface area (Å²) in [5.74, 6) is -1.02. The Morgan fingerprint density at radius 2 is 2.18 bits per heavy atom.